The Morgan fingerprint density at radius 3 is 2.78 bits per heavy atom. The van der Waals surface area contributed by atoms with Crippen LogP contribution in [0.2, 0.25) is 5.02 Å². The molecule has 2 aromatic carbocycles. The van der Waals surface area contributed by atoms with Crippen LogP contribution in [0.4, 0.5) is 5.69 Å². The fourth-order valence-electron chi connectivity index (χ4n) is 3.12. The van der Waals surface area contributed by atoms with Gasteiger partial charge >= 0.3 is 0 Å². The second-order valence-electron chi connectivity index (χ2n) is 5.71. The summed E-state index contributed by atoms with van der Waals surface area (Å²) >= 11 is 11.8. The molecule has 0 saturated heterocycles. The van der Waals surface area contributed by atoms with E-state index in [4.69, 9.17) is 23.8 Å². The Bertz CT molecular complexity index is 887. The molecule has 1 aromatic heterocycles. The van der Waals surface area contributed by atoms with Crippen LogP contribution in [0.15, 0.2) is 48.5 Å². The number of para-hydroxylation sites is 2. The van der Waals surface area contributed by atoms with Gasteiger partial charge < -0.3 is 15.2 Å². The maximum absolute atomic E-state index is 6.19. The number of H-pyrrole nitrogens is 1. The molecule has 0 aliphatic carbocycles. The van der Waals surface area contributed by atoms with Crippen molar-refractivity contribution in [1.82, 2.24) is 9.88 Å². The fraction of sp³-hybridized carbons (Fsp3) is 0.167. The zero-order chi connectivity index (χ0) is 15.8. The Morgan fingerprint density at radius 1 is 1.13 bits per heavy atom. The summed E-state index contributed by atoms with van der Waals surface area (Å²) in [6, 6.07) is 16.1. The van der Waals surface area contributed by atoms with Crippen molar-refractivity contribution in [3.63, 3.8) is 0 Å². The molecule has 4 rings (SSSR count). The zero-order valence-corrected chi connectivity index (χ0v) is 14.0. The maximum Gasteiger partial charge on any atom is 0.173 e. The summed E-state index contributed by atoms with van der Waals surface area (Å²) in [5.41, 5.74) is 4.71. The normalized spacial score (nSPS) is 13.9. The van der Waals surface area contributed by atoms with Crippen LogP contribution >= 0.6 is 23.8 Å². The van der Waals surface area contributed by atoms with E-state index < -0.39 is 0 Å². The van der Waals surface area contributed by atoms with Gasteiger partial charge in [0.2, 0.25) is 0 Å². The molecule has 5 heteroatoms. The summed E-state index contributed by atoms with van der Waals surface area (Å²) in [5.74, 6) is 0. The van der Waals surface area contributed by atoms with Crippen LogP contribution < -0.4 is 5.32 Å². The quantitative estimate of drug-likeness (QED) is 0.635. The molecular formula is C18H16ClN3S. The number of hydrogen-bond acceptors (Lipinski definition) is 1. The third-order valence-electron chi connectivity index (χ3n) is 4.29. The molecule has 116 valence electrons. The fourth-order valence-corrected chi connectivity index (χ4v) is 3.57. The second kappa shape index (κ2) is 5.87. The Morgan fingerprint density at radius 2 is 1.91 bits per heavy atom. The van der Waals surface area contributed by atoms with Crippen molar-refractivity contribution in [2.24, 2.45) is 0 Å². The van der Waals surface area contributed by atoms with E-state index in [9.17, 15) is 0 Å². The van der Waals surface area contributed by atoms with Gasteiger partial charge in [-0.15, -0.1) is 0 Å². The van der Waals surface area contributed by atoms with E-state index >= 15 is 0 Å². The first-order chi connectivity index (χ1) is 11.2. The van der Waals surface area contributed by atoms with Crippen LogP contribution in [-0.2, 0) is 13.0 Å². The number of fused-ring (bicyclic) bond motifs is 3. The molecule has 3 aromatic rings. The minimum Gasteiger partial charge on any atom is -0.357 e. The molecule has 0 spiro atoms. The lowest BCUT2D eigenvalue weighted by Gasteiger charge is -2.29. The van der Waals surface area contributed by atoms with Crippen molar-refractivity contribution in [3.8, 4) is 0 Å². The molecule has 23 heavy (non-hydrogen) atoms. The van der Waals surface area contributed by atoms with Crippen molar-refractivity contribution in [3.05, 3.63) is 64.8 Å². The topological polar surface area (TPSA) is 31.1 Å². The lowest BCUT2D eigenvalue weighted by atomic mass is 10.0. The number of halogens is 1. The Balaban J connectivity index is 1.56. The summed E-state index contributed by atoms with van der Waals surface area (Å²) in [6.45, 7) is 1.70. The average Bonchev–Trinajstić information content (AvgIpc) is 2.94. The van der Waals surface area contributed by atoms with Gasteiger partial charge in [-0.3, -0.25) is 0 Å². The van der Waals surface area contributed by atoms with Gasteiger partial charge in [0.05, 0.1) is 17.3 Å². The largest absolute Gasteiger partial charge is 0.357 e. The molecule has 0 bridgehead atoms. The number of nitrogens with one attached hydrogen (secondary N) is 2. The number of hydrogen-bond donors (Lipinski definition) is 2. The maximum atomic E-state index is 6.19. The summed E-state index contributed by atoms with van der Waals surface area (Å²) in [5, 5.41) is 5.97. The lowest BCUT2D eigenvalue weighted by Crippen LogP contribution is -2.38. The smallest absolute Gasteiger partial charge is 0.173 e. The molecule has 0 fully saturated rings. The molecule has 3 nitrogen and oxygen atoms in total. The first kappa shape index (κ1) is 14.5. The number of aromatic nitrogens is 1. The van der Waals surface area contributed by atoms with Crippen molar-refractivity contribution in [2.75, 3.05) is 11.9 Å². The SMILES string of the molecule is S=C(Nc1ccccc1Cl)N1CCc2c([nH]c3ccccc23)C1. The summed E-state index contributed by atoms with van der Waals surface area (Å²) in [6.07, 6.45) is 0.990. The second-order valence-corrected chi connectivity index (χ2v) is 6.50. The van der Waals surface area contributed by atoms with E-state index in [1.165, 1.54) is 22.2 Å². The number of thiocarbonyl (C=S) groups is 1. The number of nitrogens with zero attached hydrogens (tertiary/aromatic N) is 1. The molecule has 0 unspecified atom stereocenters. The highest BCUT2D eigenvalue weighted by molar-refractivity contribution is 7.80. The molecule has 2 heterocycles. The third kappa shape index (κ3) is 2.69. The van der Waals surface area contributed by atoms with Gasteiger partial charge in [-0.05, 0) is 42.4 Å². The molecule has 1 aliphatic heterocycles. The van der Waals surface area contributed by atoms with Crippen molar-refractivity contribution in [2.45, 2.75) is 13.0 Å². The monoisotopic (exact) mass is 341 g/mol. The zero-order valence-electron chi connectivity index (χ0n) is 12.5. The summed E-state index contributed by atoms with van der Waals surface area (Å²) < 4.78 is 0. The standard InChI is InChI=1S/C18H16ClN3S/c19-14-6-2-4-8-16(14)21-18(23)22-10-9-13-12-5-1-3-7-15(12)20-17(13)11-22/h1-8,20H,9-11H2,(H,21,23). The molecular weight excluding hydrogens is 326 g/mol. The Kier molecular flexibility index (Phi) is 3.71. The highest BCUT2D eigenvalue weighted by Gasteiger charge is 2.22. The predicted octanol–water partition coefficient (Wildman–Crippen LogP) is 4.58. The molecule has 0 amide bonds. The van der Waals surface area contributed by atoms with E-state index in [1.807, 2.05) is 24.3 Å². The van der Waals surface area contributed by atoms with E-state index in [2.05, 4.69) is 39.5 Å². The van der Waals surface area contributed by atoms with E-state index in [1.54, 1.807) is 0 Å². The lowest BCUT2D eigenvalue weighted by molar-refractivity contribution is 0.396. The molecule has 0 radical (unpaired) electrons. The van der Waals surface area contributed by atoms with Gasteiger partial charge in [0.1, 0.15) is 0 Å². The average molecular weight is 342 g/mol. The van der Waals surface area contributed by atoms with Crippen molar-refractivity contribution in [1.29, 1.82) is 0 Å². The van der Waals surface area contributed by atoms with Crippen LogP contribution in [0.25, 0.3) is 10.9 Å². The first-order valence-electron chi connectivity index (χ1n) is 7.61. The van der Waals surface area contributed by atoms with Gasteiger partial charge in [0.15, 0.2) is 5.11 Å². The number of benzene rings is 2. The van der Waals surface area contributed by atoms with Crippen LogP contribution in [0, 0.1) is 0 Å². The van der Waals surface area contributed by atoms with E-state index in [0.29, 0.717) is 10.1 Å². The minimum atomic E-state index is 0.679. The van der Waals surface area contributed by atoms with Crippen LogP contribution in [0.3, 0.4) is 0 Å². The van der Waals surface area contributed by atoms with Gasteiger partial charge in [0.25, 0.3) is 0 Å². The van der Waals surface area contributed by atoms with E-state index in [-0.39, 0.29) is 0 Å². The van der Waals surface area contributed by atoms with Gasteiger partial charge in [0, 0.05) is 23.1 Å². The first-order valence-corrected chi connectivity index (χ1v) is 8.40. The van der Waals surface area contributed by atoms with Crippen LogP contribution in [0.5, 0.6) is 0 Å². The highest BCUT2D eigenvalue weighted by atomic mass is 35.5. The summed E-state index contributed by atoms with van der Waals surface area (Å²) in [7, 11) is 0. The summed E-state index contributed by atoms with van der Waals surface area (Å²) in [4.78, 5) is 5.70. The van der Waals surface area contributed by atoms with Crippen LogP contribution in [-0.4, -0.2) is 21.5 Å². The van der Waals surface area contributed by atoms with Crippen LogP contribution in [0.1, 0.15) is 11.3 Å². The van der Waals surface area contributed by atoms with Gasteiger partial charge in [-0.1, -0.05) is 41.9 Å². The number of aromatic amines is 1. The number of rotatable bonds is 1. The molecule has 1 aliphatic rings. The highest BCUT2D eigenvalue weighted by Crippen LogP contribution is 2.28. The minimum absolute atomic E-state index is 0.679. The van der Waals surface area contributed by atoms with Gasteiger partial charge in [-0.25, -0.2) is 0 Å². The third-order valence-corrected chi connectivity index (χ3v) is 4.98. The van der Waals surface area contributed by atoms with E-state index in [0.717, 1.165) is 25.2 Å². The molecule has 2 N–H and O–H groups in total. The predicted molar refractivity (Wildman–Crippen MR) is 100 cm³/mol. The molecule has 0 atom stereocenters. The Hall–Kier alpha value is -2.04. The van der Waals surface area contributed by atoms with Gasteiger partial charge in [-0.2, -0.15) is 0 Å². The molecule has 0 saturated carbocycles. The van der Waals surface area contributed by atoms with Crippen molar-refractivity contribution < 1.29 is 0 Å². The Labute approximate surface area is 145 Å². The van der Waals surface area contributed by atoms with Crippen molar-refractivity contribution >= 4 is 45.5 Å². The number of anilines is 1.